The van der Waals surface area contributed by atoms with E-state index in [0.717, 1.165) is 19.0 Å². The van der Waals surface area contributed by atoms with E-state index >= 15 is 0 Å². The lowest BCUT2D eigenvalue weighted by atomic mass is 10.0. The van der Waals surface area contributed by atoms with Gasteiger partial charge in [-0.3, -0.25) is 9.59 Å². The molecule has 3 N–H and O–H groups in total. The van der Waals surface area contributed by atoms with Crippen LogP contribution < -0.4 is 15.5 Å². The van der Waals surface area contributed by atoms with Gasteiger partial charge in [-0.15, -0.1) is 0 Å². The Morgan fingerprint density at radius 2 is 1.75 bits per heavy atom. The third kappa shape index (κ3) is 5.42. The van der Waals surface area contributed by atoms with Crippen LogP contribution in [0.1, 0.15) is 53.3 Å². The van der Waals surface area contributed by atoms with E-state index in [-0.39, 0.29) is 11.8 Å². The maximum absolute atomic E-state index is 12.6. The zero-order chi connectivity index (χ0) is 19.8. The van der Waals surface area contributed by atoms with Gasteiger partial charge in [-0.25, -0.2) is 0 Å². The number of hydrogen-bond donors (Lipinski definition) is 3. The first-order chi connectivity index (χ1) is 13.6. The quantitative estimate of drug-likeness (QED) is 0.647. The number of carbonyl (C=O) groups excluding carboxylic acids is 2. The number of amides is 2. The van der Waals surface area contributed by atoms with Crippen molar-refractivity contribution < 1.29 is 14.5 Å². The number of anilines is 1. The summed E-state index contributed by atoms with van der Waals surface area (Å²) in [5.74, 6) is -0.366. The van der Waals surface area contributed by atoms with Crippen LogP contribution in [0, 0.1) is 0 Å². The molecule has 1 aliphatic rings. The number of piperidine rings is 1. The first-order valence-electron chi connectivity index (χ1n) is 10.2. The second kappa shape index (κ2) is 10.0. The molecule has 28 heavy (non-hydrogen) atoms. The Kier molecular flexibility index (Phi) is 7.20. The number of nitrogens with one attached hydrogen (secondary N) is 3. The van der Waals surface area contributed by atoms with Crippen LogP contribution in [0.2, 0.25) is 0 Å². The van der Waals surface area contributed by atoms with Gasteiger partial charge in [-0.1, -0.05) is 30.3 Å². The summed E-state index contributed by atoms with van der Waals surface area (Å²) >= 11 is 0. The third-order valence-corrected chi connectivity index (χ3v) is 5.50. The van der Waals surface area contributed by atoms with Crippen LogP contribution in [0.4, 0.5) is 5.69 Å². The van der Waals surface area contributed by atoms with E-state index in [1.807, 2.05) is 30.3 Å². The molecule has 2 amide bonds. The molecule has 5 nitrogen and oxygen atoms in total. The number of hydrogen-bond acceptors (Lipinski definition) is 2. The van der Waals surface area contributed by atoms with Crippen LogP contribution >= 0.6 is 0 Å². The van der Waals surface area contributed by atoms with E-state index in [1.54, 1.807) is 29.2 Å². The number of rotatable bonds is 7. The average molecular weight is 381 g/mol. The topological polar surface area (TPSA) is 62.6 Å². The van der Waals surface area contributed by atoms with Crippen molar-refractivity contribution in [3.8, 4) is 0 Å². The van der Waals surface area contributed by atoms with E-state index in [9.17, 15) is 9.59 Å². The van der Waals surface area contributed by atoms with Gasteiger partial charge in [-0.05, 0) is 50.5 Å². The number of carbonyl (C=O) groups is 2. The van der Waals surface area contributed by atoms with Crippen molar-refractivity contribution >= 4 is 17.5 Å². The van der Waals surface area contributed by atoms with Crippen LogP contribution in [0.3, 0.4) is 0 Å². The zero-order valence-electron chi connectivity index (χ0n) is 16.5. The normalized spacial score (nSPS) is 19.0. The molecule has 3 rings (SSSR count). The SMILES string of the molecule is C[C@@H]1CCCC[NH+]1CCCNC(=O)c1ccccc1NC(=O)c1ccccc1. The second-order valence-electron chi connectivity index (χ2n) is 7.53. The molecule has 0 aromatic heterocycles. The summed E-state index contributed by atoms with van der Waals surface area (Å²) in [5, 5.41) is 5.85. The molecule has 1 fully saturated rings. The molecule has 0 radical (unpaired) electrons. The number of quaternary nitrogens is 1. The van der Waals surface area contributed by atoms with Crippen molar-refractivity contribution in [2.24, 2.45) is 0 Å². The van der Waals surface area contributed by atoms with Crippen LogP contribution in [-0.2, 0) is 0 Å². The molecule has 0 spiro atoms. The zero-order valence-corrected chi connectivity index (χ0v) is 16.5. The van der Waals surface area contributed by atoms with Crippen LogP contribution in [0.25, 0.3) is 0 Å². The molecule has 2 aromatic rings. The minimum Gasteiger partial charge on any atom is -0.352 e. The predicted octanol–water partition coefficient (Wildman–Crippen LogP) is 2.52. The molecular formula is C23H30N3O2+. The third-order valence-electron chi connectivity index (χ3n) is 5.50. The Hall–Kier alpha value is -2.66. The van der Waals surface area contributed by atoms with Gasteiger partial charge < -0.3 is 15.5 Å². The summed E-state index contributed by atoms with van der Waals surface area (Å²) in [6.45, 7) is 5.30. The second-order valence-corrected chi connectivity index (χ2v) is 7.53. The Morgan fingerprint density at radius 3 is 2.54 bits per heavy atom. The van der Waals surface area contributed by atoms with Crippen LogP contribution in [-0.4, -0.2) is 37.5 Å². The lowest BCUT2D eigenvalue weighted by Gasteiger charge is -2.30. The first kappa shape index (κ1) is 20.1. The summed E-state index contributed by atoms with van der Waals surface area (Å²) in [5.41, 5.74) is 1.59. The average Bonchev–Trinajstić information content (AvgIpc) is 2.73. The number of likely N-dealkylation sites (tertiary alicyclic amines) is 1. The van der Waals surface area contributed by atoms with Gasteiger partial charge in [0.05, 0.1) is 30.4 Å². The summed E-state index contributed by atoms with van der Waals surface area (Å²) < 4.78 is 0. The summed E-state index contributed by atoms with van der Waals surface area (Å²) in [6, 6.07) is 16.9. The van der Waals surface area contributed by atoms with E-state index in [2.05, 4.69) is 17.6 Å². The molecule has 1 unspecified atom stereocenters. The van der Waals surface area contributed by atoms with Crippen molar-refractivity contribution in [2.75, 3.05) is 25.0 Å². The molecule has 5 heteroatoms. The minimum atomic E-state index is -0.219. The van der Waals surface area contributed by atoms with E-state index in [1.165, 1.54) is 25.8 Å². The van der Waals surface area contributed by atoms with Crippen molar-refractivity contribution in [1.29, 1.82) is 0 Å². The Balaban J connectivity index is 1.53. The first-order valence-corrected chi connectivity index (χ1v) is 10.2. The van der Waals surface area contributed by atoms with Gasteiger partial charge in [0.1, 0.15) is 0 Å². The van der Waals surface area contributed by atoms with Gasteiger partial charge in [0.2, 0.25) is 0 Å². The highest BCUT2D eigenvalue weighted by Gasteiger charge is 2.21. The largest absolute Gasteiger partial charge is 0.352 e. The molecule has 2 atom stereocenters. The molecule has 1 heterocycles. The number of benzene rings is 2. The Labute approximate surface area is 167 Å². The van der Waals surface area contributed by atoms with Crippen molar-refractivity contribution in [2.45, 2.75) is 38.6 Å². The Morgan fingerprint density at radius 1 is 1.00 bits per heavy atom. The molecule has 1 saturated heterocycles. The molecule has 0 aliphatic carbocycles. The molecule has 0 saturated carbocycles. The Bertz CT molecular complexity index is 791. The molecule has 2 aromatic carbocycles. The fraction of sp³-hybridized carbons (Fsp3) is 0.391. The fourth-order valence-electron chi connectivity index (χ4n) is 3.81. The van der Waals surface area contributed by atoms with E-state index < -0.39 is 0 Å². The van der Waals surface area contributed by atoms with Gasteiger partial charge in [0, 0.05) is 18.5 Å². The number of para-hydroxylation sites is 1. The van der Waals surface area contributed by atoms with Crippen LogP contribution in [0.15, 0.2) is 54.6 Å². The lowest BCUT2D eigenvalue weighted by Crippen LogP contribution is -3.16. The molecule has 0 bridgehead atoms. The van der Waals surface area contributed by atoms with Gasteiger partial charge in [0.25, 0.3) is 11.8 Å². The van der Waals surface area contributed by atoms with Gasteiger partial charge in [-0.2, -0.15) is 0 Å². The summed E-state index contributed by atoms with van der Waals surface area (Å²) in [6.07, 6.45) is 4.91. The smallest absolute Gasteiger partial charge is 0.255 e. The van der Waals surface area contributed by atoms with E-state index in [0.29, 0.717) is 23.4 Å². The summed E-state index contributed by atoms with van der Waals surface area (Å²) in [4.78, 5) is 26.7. The van der Waals surface area contributed by atoms with Gasteiger partial charge >= 0.3 is 0 Å². The predicted molar refractivity (Wildman–Crippen MR) is 112 cm³/mol. The molecule has 148 valence electrons. The maximum Gasteiger partial charge on any atom is 0.255 e. The molecular weight excluding hydrogens is 350 g/mol. The van der Waals surface area contributed by atoms with E-state index in [4.69, 9.17) is 0 Å². The summed E-state index contributed by atoms with van der Waals surface area (Å²) in [7, 11) is 0. The lowest BCUT2D eigenvalue weighted by molar-refractivity contribution is -0.928. The highest BCUT2D eigenvalue weighted by molar-refractivity contribution is 6.08. The van der Waals surface area contributed by atoms with Crippen LogP contribution in [0.5, 0.6) is 0 Å². The highest BCUT2D eigenvalue weighted by Crippen LogP contribution is 2.16. The monoisotopic (exact) mass is 380 g/mol. The minimum absolute atomic E-state index is 0.148. The van der Waals surface area contributed by atoms with Gasteiger partial charge in [0.15, 0.2) is 0 Å². The van der Waals surface area contributed by atoms with Crippen molar-refractivity contribution in [3.63, 3.8) is 0 Å². The molecule has 1 aliphatic heterocycles. The highest BCUT2D eigenvalue weighted by atomic mass is 16.2. The maximum atomic E-state index is 12.6. The van der Waals surface area contributed by atoms with Crippen molar-refractivity contribution in [3.05, 3.63) is 65.7 Å². The van der Waals surface area contributed by atoms with Crippen molar-refractivity contribution in [1.82, 2.24) is 5.32 Å². The fourth-order valence-corrected chi connectivity index (χ4v) is 3.81. The standard InChI is InChI=1S/C23H29N3O2/c1-18-10-7-8-16-26(18)17-9-15-24-23(28)20-13-5-6-14-21(20)25-22(27)19-11-3-2-4-12-19/h2-6,11-14,18H,7-10,15-17H2,1H3,(H,24,28)(H,25,27)/p+1/t18-/m1/s1.